The summed E-state index contributed by atoms with van der Waals surface area (Å²) in [7, 11) is 3.23. The van der Waals surface area contributed by atoms with E-state index in [1.165, 1.54) is 0 Å². The summed E-state index contributed by atoms with van der Waals surface area (Å²) in [5.41, 5.74) is 1.08. The molecular formula is C13H17ClO3. The van der Waals surface area contributed by atoms with Crippen LogP contribution in [0.15, 0.2) is 12.1 Å². The van der Waals surface area contributed by atoms with Gasteiger partial charge in [0.05, 0.1) is 26.4 Å². The van der Waals surface area contributed by atoms with Crippen LogP contribution in [-0.2, 0) is 11.2 Å². The second-order valence-corrected chi connectivity index (χ2v) is 4.62. The molecule has 2 atom stereocenters. The Balaban J connectivity index is 2.10. The second-order valence-electron chi connectivity index (χ2n) is 4.22. The molecule has 1 fully saturated rings. The molecule has 0 bridgehead atoms. The molecule has 2 rings (SSSR count). The Hall–Kier alpha value is -0.930. The monoisotopic (exact) mass is 256 g/mol. The number of aryl methyl sites for hydroxylation is 1. The minimum absolute atomic E-state index is 0.388. The molecular weight excluding hydrogens is 240 g/mol. The predicted octanol–water partition coefficient (Wildman–Crippen LogP) is 3.08. The highest BCUT2D eigenvalue weighted by Crippen LogP contribution is 2.35. The van der Waals surface area contributed by atoms with E-state index in [0.29, 0.717) is 18.0 Å². The molecule has 0 N–H and O–H groups in total. The van der Waals surface area contributed by atoms with E-state index in [-0.39, 0.29) is 0 Å². The highest BCUT2D eigenvalue weighted by molar-refractivity contribution is 6.31. The molecule has 0 spiro atoms. The minimum Gasteiger partial charge on any atom is -0.493 e. The van der Waals surface area contributed by atoms with Crippen LogP contribution in [0.25, 0.3) is 0 Å². The fourth-order valence-corrected chi connectivity index (χ4v) is 2.17. The lowest BCUT2D eigenvalue weighted by atomic mass is 10.1. The Labute approximate surface area is 107 Å². The molecule has 1 aliphatic heterocycles. The zero-order chi connectivity index (χ0) is 12.4. The van der Waals surface area contributed by atoms with Gasteiger partial charge in [-0.2, -0.15) is 0 Å². The fraction of sp³-hybridized carbons (Fsp3) is 0.538. The number of methoxy groups -OCH3 is 2. The first-order chi connectivity index (χ1) is 8.15. The summed E-state index contributed by atoms with van der Waals surface area (Å²) in [6.07, 6.45) is 2.68. The summed E-state index contributed by atoms with van der Waals surface area (Å²) in [4.78, 5) is 0. The van der Waals surface area contributed by atoms with Crippen molar-refractivity contribution < 1.29 is 14.2 Å². The van der Waals surface area contributed by atoms with Gasteiger partial charge in [-0.05, 0) is 31.4 Å². The van der Waals surface area contributed by atoms with Crippen molar-refractivity contribution in [3.8, 4) is 11.5 Å². The molecule has 1 aliphatic rings. The summed E-state index contributed by atoms with van der Waals surface area (Å²) >= 11 is 6.20. The average Bonchev–Trinajstić information content (AvgIpc) is 3.03. The third-order valence-electron chi connectivity index (χ3n) is 3.09. The van der Waals surface area contributed by atoms with Gasteiger partial charge in [-0.25, -0.2) is 0 Å². The molecule has 0 aromatic heterocycles. The van der Waals surface area contributed by atoms with Gasteiger partial charge in [-0.15, -0.1) is 0 Å². The first-order valence-electron chi connectivity index (χ1n) is 5.71. The van der Waals surface area contributed by atoms with Crippen LogP contribution in [0.1, 0.15) is 18.9 Å². The maximum Gasteiger partial charge on any atom is 0.162 e. The van der Waals surface area contributed by atoms with Gasteiger partial charge in [-0.1, -0.05) is 11.6 Å². The van der Waals surface area contributed by atoms with Gasteiger partial charge < -0.3 is 14.2 Å². The van der Waals surface area contributed by atoms with E-state index in [1.807, 2.05) is 6.07 Å². The van der Waals surface area contributed by atoms with E-state index >= 15 is 0 Å². The molecule has 2 unspecified atom stereocenters. The number of hydrogen-bond donors (Lipinski definition) is 0. The Morgan fingerprint density at radius 3 is 2.35 bits per heavy atom. The average molecular weight is 257 g/mol. The van der Waals surface area contributed by atoms with Crippen molar-refractivity contribution in [2.75, 3.05) is 14.2 Å². The first kappa shape index (κ1) is 12.5. The van der Waals surface area contributed by atoms with E-state index in [4.69, 9.17) is 25.8 Å². The summed E-state index contributed by atoms with van der Waals surface area (Å²) in [5, 5.41) is 0.718. The Kier molecular flexibility index (Phi) is 3.79. The van der Waals surface area contributed by atoms with E-state index in [9.17, 15) is 0 Å². The zero-order valence-corrected chi connectivity index (χ0v) is 11.1. The number of rotatable bonds is 5. The van der Waals surface area contributed by atoms with E-state index < -0.39 is 0 Å². The topological polar surface area (TPSA) is 31.0 Å². The smallest absolute Gasteiger partial charge is 0.162 e. The predicted molar refractivity (Wildman–Crippen MR) is 67.2 cm³/mol. The quantitative estimate of drug-likeness (QED) is 0.759. The van der Waals surface area contributed by atoms with Gasteiger partial charge in [0, 0.05) is 11.1 Å². The van der Waals surface area contributed by atoms with Crippen molar-refractivity contribution in [2.45, 2.75) is 32.0 Å². The molecule has 94 valence electrons. The molecule has 0 amide bonds. The van der Waals surface area contributed by atoms with Gasteiger partial charge in [0.25, 0.3) is 0 Å². The lowest BCUT2D eigenvalue weighted by Gasteiger charge is -2.11. The van der Waals surface area contributed by atoms with Gasteiger partial charge >= 0.3 is 0 Å². The lowest BCUT2D eigenvalue weighted by molar-refractivity contribution is 0.354. The number of ether oxygens (including phenoxy) is 3. The standard InChI is InChI=1S/C13H17ClO3/c1-8-11(17-8)5-4-9-6-12(15-2)13(16-3)7-10(9)14/h6-8,11H,4-5H2,1-3H3. The first-order valence-corrected chi connectivity index (χ1v) is 6.09. The minimum atomic E-state index is 0.388. The van der Waals surface area contributed by atoms with Crippen molar-refractivity contribution in [1.29, 1.82) is 0 Å². The molecule has 1 aromatic carbocycles. The van der Waals surface area contributed by atoms with Crippen molar-refractivity contribution in [3.05, 3.63) is 22.7 Å². The van der Waals surface area contributed by atoms with Crippen LogP contribution in [0, 0.1) is 0 Å². The number of benzene rings is 1. The van der Waals surface area contributed by atoms with Crippen LogP contribution in [-0.4, -0.2) is 26.4 Å². The van der Waals surface area contributed by atoms with Crippen LogP contribution >= 0.6 is 11.6 Å². The van der Waals surface area contributed by atoms with Crippen LogP contribution in [0.5, 0.6) is 11.5 Å². The van der Waals surface area contributed by atoms with E-state index in [2.05, 4.69) is 6.92 Å². The normalized spacial score (nSPS) is 22.4. The fourth-order valence-electron chi connectivity index (χ4n) is 1.92. The zero-order valence-electron chi connectivity index (χ0n) is 10.3. The Morgan fingerprint density at radius 2 is 1.82 bits per heavy atom. The molecule has 0 saturated carbocycles. The number of hydrogen-bond acceptors (Lipinski definition) is 3. The van der Waals surface area contributed by atoms with Crippen molar-refractivity contribution in [1.82, 2.24) is 0 Å². The van der Waals surface area contributed by atoms with Crippen LogP contribution < -0.4 is 9.47 Å². The Bertz CT molecular complexity index is 406. The van der Waals surface area contributed by atoms with Crippen LogP contribution in [0.3, 0.4) is 0 Å². The third-order valence-corrected chi connectivity index (χ3v) is 3.44. The third kappa shape index (κ3) is 2.85. The van der Waals surface area contributed by atoms with Crippen molar-refractivity contribution >= 4 is 11.6 Å². The molecule has 1 aromatic rings. The van der Waals surface area contributed by atoms with Gasteiger partial charge in [0.15, 0.2) is 11.5 Å². The Morgan fingerprint density at radius 1 is 1.24 bits per heavy atom. The van der Waals surface area contributed by atoms with Crippen LogP contribution in [0.4, 0.5) is 0 Å². The molecule has 3 nitrogen and oxygen atoms in total. The summed E-state index contributed by atoms with van der Waals surface area (Å²) in [6, 6.07) is 3.74. The summed E-state index contributed by atoms with van der Waals surface area (Å²) in [5.74, 6) is 1.38. The maximum absolute atomic E-state index is 6.20. The lowest BCUT2D eigenvalue weighted by Crippen LogP contribution is -1.97. The largest absolute Gasteiger partial charge is 0.493 e. The molecule has 1 saturated heterocycles. The van der Waals surface area contributed by atoms with Gasteiger partial charge in [0.1, 0.15) is 0 Å². The summed E-state index contributed by atoms with van der Waals surface area (Å²) < 4.78 is 15.8. The van der Waals surface area contributed by atoms with Crippen molar-refractivity contribution in [2.24, 2.45) is 0 Å². The summed E-state index contributed by atoms with van der Waals surface area (Å²) in [6.45, 7) is 2.08. The van der Waals surface area contributed by atoms with Crippen molar-refractivity contribution in [3.63, 3.8) is 0 Å². The molecule has 0 aliphatic carbocycles. The highest BCUT2D eigenvalue weighted by Gasteiger charge is 2.33. The second kappa shape index (κ2) is 5.15. The van der Waals surface area contributed by atoms with Crippen LogP contribution in [0.2, 0.25) is 5.02 Å². The number of halogens is 1. The maximum atomic E-state index is 6.20. The van der Waals surface area contributed by atoms with Gasteiger partial charge in [-0.3, -0.25) is 0 Å². The number of epoxide rings is 1. The van der Waals surface area contributed by atoms with E-state index in [1.54, 1.807) is 20.3 Å². The SMILES string of the molecule is COc1cc(Cl)c(CCC2OC2C)cc1OC. The highest BCUT2D eigenvalue weighted by atomic mass is 35.5. The molecule has 4 heteroatoms. The molecule has 1 heterocycles. The molecule has 17 heavy (non-hydrogen) atoms. The molecule has 0 radical (unpaired) electrons. The van der Waals surface area contributed by atoms with E-state index in [0.717, 1.165) is 29.2 Å². The van der Waals surface area contributed by atoms with Gasteiger partial charge in [0.2, 0.25) is 0 Å².